The van der Waals surface area contributed by atoms with Crippen molar-refractivity contribution in [1.82, 2.24) is 20.9 Å². The highest BCUT2D eigenvalue weighted by Gasteiger charge is 2.32. The van der Waals surface area contributed by atoms with Crippen LogP contribution in [0.5, 0.6) is 0 Å². The third-order valence-electron chi connectivity index (χ3n) is 6.95. The number of amides is 3. The molecule has 0 aliphatic carbocycles. The highest BCUT2D eigenvalue weighted by atomic mass is 16.4. The minimum Gasteiger partial charge on any atom is -0.481 e. The molecule has 4 atom stereocenters. The van der Waals surface area contributed by atoms with E-state index in [1.807, 2.05) is 18.2 Å². The van der Waals surface area contributed by atoms with E-state index in [1.165, 1.54) is 0 Å². The molecular formula is C30H38N8O7. The molecule has 1 heterocycles. The first-order chi connectivity index (χ1) is 21.4. The predicted molar refractivity (Wildman–Crippen MR) is 166 cm³/mol. The Morgan fingerprint density at radius 3 is 2.09 bits per heavy atom. The van der Waals surface area contributed by atoms with Crippen LogP contribution in [-0.4, -0.2) is 81.5 Å². The Balaban J connectivity index is 1.80. The Kier molecular flexibility index (Phi) is 12.4. The lowest BCUT2D eigenvalue weighted by atomic mass is 10.0. The number of rotatable bonds is 17. The SMILES string of the molecule is NC(N)=NCCCC(N)C(=O)NC(Cc1c[nH]c2ccccc12)C(=O)NC(CC(=O)O)C(=O)NC(Cc1ccccc1)C(=O)O. The van der Waals surface area contributed by atoms with Crippen LogP contribution in [0, 0.1) is 0 Å². The van der Waals surface area contributed by atoms with E-state index in [4.69, 9.17) is 17.2 Å². The first-order valence-electron chi connectivity index (χ1n) is 14.2. The first kappa shape index (κ1) is 34.1. The van der Waals surface area contributed by atoms with E-state index in [-0.39, 0.29) is 31.8 Å². The number of hydrogen-bond donors (Lipinski definition) is 9. The third kappa shape index (κ3) is 10.7. The van der Waals surface area contributed by atoms with Crippen LogP contribution in [0.15, 0.2) is 65.8 Å². The van der Waals surface area contributed by atoms with Gasteiger partial charge in [0.25, 0.3) is 0 Å². The van der Waals surface area contributed by atoms with Crippen LogP contribution in [0.2, 0.25) is 0 Å². The van der Waals surface area contributed by atoms with Crippen LogP contribution in [0.1, 0.15) is 30.4 Å². The molecule has 0 aliphatic rings. The molecule has 3 amide bonds. The number of carboxylic acid groups (broad SMARTS) is 2. The molecule has 4 unspecified atom stereocenters. The fraction of sp³-hybridized carbons (Fsp3) is 0.333. The second kappa shape index (κ2) is 16.4. The molecular weight excluding hydrogens is 584 g/mol. The number of H-pyrrole nitrogens is 1. The zero-order valence-corrected chi connectivity index (χ0v) is 24.4. The number of aliphatic imine (C=N–C) groups is 1. The van der Waals surface area contributed by atoms with Gasteiger partial charge in [-0.25, -0.2) is 4.79 Å². The number of para-hydroxylation sites is 1. The fourth-order valence-corrected chi connectivity index (χ4v) is 4.64. The summed E-state index contributed by atoms with van der Waals surface area (Å²) < 4.78 is 0. The standard InChI is InChI=1S/C30H38N8O7/c31-20(10-6-12-34-30(32)33)26(41)36-22(14-18-16-35-21-11-5-4-9-19(18)21)27(42)37-23(15-25(39)40)28(43)38-24(29(44)45)13-17-7-2-1-3-8-17/h1-5,7-9,11,16,20,22-24,35H,6,10,12-15,31H2,(H,36,41)(H,37,42)(H,38,43)(H,39,40)(H,44,45)(H4,32,33,34). The minimum atomic E-state index is -1.65. The first-order valence-corrected chi connectivity index (χ1v) is 14.2. The van der Waals surface area contributed by atoms with Gasteiger partial charge in [0.1, 0.15) is 18.1 Å². The number of aromatic nitrogens is 1. The molecule has 0 radical (unpaired) electrons. The zero-order valence-electron chi connectivity index (χ0n) is 24.4. The van der Waals surface area contributed by atoms with Crippen molar-refractivity contribution in [3.05, 3.63) is 71.9 Å². The summed E-state index contributed by atoms with van der Waals surface area (Å²) >= 11 is 0. The van der Waals surface area contributed by atoms with Gasteiger partial charge in [-0.15, -0.1) is 0 Å². The number of fused-ring (bicyclic) bond motifs is 1. The number of hydrogen-bond acceptors (Lipinski definition) is 7. The number of nitrogens with one attached hydrogen (secondary N) is 4. The number of carbonyl (C=O) groups excluding carboxylic acids is 3. The molecule has 0 saturated heterocycles. The van der Waals surface area contributed by atoms with Gasteiger partial charge in [-0.2, -0.15) is 0 Å². The molecule has 12 N–H and O–H groups in total. The van der Waals surface area contributed by atoms with Crippen molar-refractivity contribution >= 4 is 46.5 Å². The summed E-state index contributed by atoms with van der Waals surface area (Å²) in [5.74, 6) is -5.39. The topological polar surface area (TPSA) is 268 Å². The smallest absolute Gasteiger partial charge is 0.326 e. The number of nitrogens with zero attached hydrogens (tertiary/aromatic N) is 1. The monoisotopic (exact) mass is 622 g/mol. The average Bonchev–Trinajstić information content (AvgIpc) is 3.40. The summed E-state index contributed by atoms with van der Waals surface area (Å²) in [6, 6.07) is 10.5. The molecule has 0 aliphatic heterocycles. The average molecular weight is 623 g/mol. The molecule has 240 valence electrons. The van der Waals surface area contributed by atoms with E-state index >= 15 is 0 Å². The summed E-state index contributed by atoms with van der Waals surface area (Å²) in [5, 5.41) is 27.3. The Hall–Kier alpha value is -5.44. The maximum absolute atomic E-state index is 13.6. The van der Waals surface area contributed by atoms with E-state index in [1.54, 1.807) is 42.6 Å². The molecule has 3 rings (SSSR count). The number of benzene rings is 2. The second-order valence-electron chi connectivity index (χ2n) is 10.4. The lowest BCUT2D eigenvalue weighted by molar-refractivity contribution is -0.143. The number of nitrogens with two attached hydrogens (primary N) is 3. The van der Waals surface area contributed by atoms with Gasteiger partial charge in [-0.1, -0.05) is 48.5 Å². The van der Waals surface area contributed by atoms with E-state index in [9.17, 15) is 34.2 Å². The molecule has 1 aromatic heterocycles. The number of aliphatic carboxylic acids is 2. The number of guanidine groups is 1. The van der Waals surface area contributed by atoms with Gasteiger partial charge in [0.15, 0.2) is 5.96 Å². The van der Waals surface area contributed by atoms with Crippen molar-refractivity contribution in [2.75, 3.05) is 6.54 Å². The highest BCUT2D eigenvalue weighted by Crippen LogP contribution is 2.19. The lowest BCUT2D eigenvalue weighted by Gasteiger charge is -2.24. The van der Waals surface area contributed by atoms with E-state index in [0.29, 0.717) is 17.5 Å². The van der Waals surface area contributed by atoms with Crippen LogP contribution in [0.25, 0.3) is 10.9 Å². The van der Waals surface area contributed by atoms with E-state index in [2.05, 4.69) is 25.9 Å². The molecule has 2 aromatic carbocycles. The van der Waals surface area contributed by atoms with Crippen LogP contribution in [-0.2, 0) is 36.8 Å². The number of carbonyl (C=O) groups is 5. The molecule has 15 heteroatoms. The van der Waals surface area contributed by atoms with Crippen molar-refractivity contribution < 1.29 is 34.2 Å². The van der Waals surface area contributed by atoms with Gasteiger partial charge in [0, 0.05) is 36.5 Å². The van der Waals surface area contributed by atoms with Crippen molar-refractivity contribution in [3.63, 3.8) is 0 Å². The minimum absolute atomic E-state index is 0.0323. The van der Waals surface area contributed by atoms with Gasteiger partial charge < -0.3 is 48.3 Å². The predicted octanol–water partition coefficient (Wildman–Crippen LogP) is -0.652. The molecule has 3 aromatic rings. The molecule has 0 spiro atoms. The van der Waals surface area contributed by atoms with Gasteiger partial charge in [0.05, 0.1) is 12.5 Å². The van der Waals surface area contributed by atoms with Gasteiger partial charge in [-0.05, 0) is 30.0 Å². The Bertz CT molecular complexity index is 1520. The van der Waals surface area contributed by atoms with E-state index < -0.39 is 60.2 Å². The van der Waals surface area contributed by atoms with Crippen molar-refractivity contribution in [3.8, 4) is 0 Å². The summed E-state index contributed by atoms with van der Waals surface area (Å²) in [4.78, 5) is 70.3. The van der Waals surface area contributed by atoms with Crippen molar-refractivity contribution in [2.45, 2.75) is 56.3 Å². The van der Waals surface area contributed by atoms with Gasteiger partial charge in [0.2, 0.25) is 17.7 Å². The van der Waals surface area contributed by atoms with Crippen molar-refractivity contribution in [2.24, 2.45) is 22.2 Å². The quantitative estimate of drug-likeness (QED) is 0.0521. The van der Waals surface area contributed by atoms with Crippen LogP contribution >= 0.6 is 0 Å². The normalized spacial score (nSPS) is 13.5. The molecule has 0 fully saturated rings. The zero-order chi connectivity index (χ0) is 32.9. The van der Waals surface area contributed by atoms with Crippen LogP contribution in [0.4, 0.5) is 0 Å². The summed E-state index contributed by atoms with van der Waals surface area (Å²) in [6.45, 7) is 0.246. The Morgan fingerprint density at radius 1 is 0.800 bits per heavy atom. The fourth-order valence-electron chi connectivity index (χ4n) is 4.64. The Labute approximate surface area is 258 Å². The largest absolute Gasteiger partial charge is 0.481 e. The molecule has 15 nitrogen and oxygen atoms in total. The van der Waals surface area contributed by atoms with Gasteiger partial charge >= 0.3 is 11.9 Å². The number of carboxylic acids is 2. The summed E-state index contributed by atoms with van der Waals surface area (Å²) in [6.07, 6.45) is 1.32. The summed E-state index contributed by atoms with van der Waals surface area (Å²) in [7, 11) is 0. The molecule has 45 heavy (non-hydrogen) atoms. The lowest BCUT2D eigenvalue weighted by Crippen LogP contribution is -2.58. The maximum atomic E-state index is 13.6. The van der Waals surface area contributed by atoms with Gasteiger partial charge in [-0.3, -0.25) is 24.2 Å². The maximum Gasteiger partial charge on any atom is 0.326 e. The van der Waals surface area contributed by atoms with Crippen molar-refractivity contribution in [1.29, 1.82) is 0 Å². The van der Waals surface area contributed by atoms with Crippen LogP contribution < -0.4 is 33.2 Å². The Morgan fingerprint density at radius 2 is 1.42 bits per heavy atom. The second-order valence-corrected chi connectivity index (χ2v) is 10.4. The molecule has 0 saturated carbocycles. The van der Waals surface area contributed by atoms with Crippen LogP contribution in [0.3, 0.4) is 0 Å². The highest BCUT2D eigenvalue weighted by molar-refractivity contribution is 5.96. The summed E-state index contributed by atoms with van der Waals surface area (Å²) in [5.41, 5.74) is 18.8. The van der Waals surface area contributed by atoms with E-state index in [0.717, 1.165) is 10.9 Å². The number of aromatic amines is 1. The third-order valence-corrected chi connectivity index (χ3v) is 6.95. The molecule has 0 bridgehead atoms.